The second kappa shape index (κ2) is 5.84. The standard InChI is InChI=1S/C14H10BrFO3/c15-13-11(7-6-10(16)12(13)14(17)18)19-8-9-4-2-1-3-5-9/h1-7H,8H2,(H,17,18). The van der Waals surface area contributed by atoms with Crippen molar-refractivity contribution in [2.75, 3.05) is 0 Å². The summed E-state index contributed by atoms with van der Waals surface area (Å²) in [6, 6.07) is 11.9. The summed E-state index contributed by atoms with van der Waals surface area (Å²) >= 11 is 3.06. The largest absolute Gasteiger partial charge is 0.488 e. The highest BCUT2D eigenvalue weighted by Crippen LogP contribution is 2.31. The van der Waals surface area contributed by atoms with E-state index in [4.69, 9.17) is 9.84 Å². The molecule has 0 aliphatic rings. The maximum Gasteiger partial charge on any atom is 0.339 e. The Labute approximate surface area is 117 Å². The molecule has 5 heteroatoms. The number of hydrogen-bond acceptors (Lipinski definition) is 2. The number of carboxylic acids is 1. The van der Waals surface area contributed by atoms with E-state index in [9.17, 15) is 9.18 Å². The summed E-state index contributed by atoms with van der Waals surface area (Å²) in [4.78, 5) is 10.9. The van der Waals surface area contributed by atoms with Crippen LogP contribution in [0.3, 0.4) is 0 Å². The molecule has 2 aromatic carbocycles. The van der Waals surface area contributed by atoms with Crippen molar-refractivity contribution >= 4 is 21.9 Å². The highest BCUT2D eigenvalue weighted by molar-refractivity contribution is 9.10. The smallest absolute Gasteiger partial charge is 0.339 e. The quantitative estimate of drug-likeness (QED) is 0.928. The van der Waals surface area contributed by atoms with E-state index in [0.29, 0.717) is 5.75 Å². The molecule has 0 radical (unpaired) electrons. The molecule has 2 aromatic rings. The third-order valence-electron chi connectivity index (χ3n) is 2.51. The van der Waals surface area contributed by atoms with Crippen LogP contribution in [0.4, 0.5) is 4.39 Å². The Hall–Kier alpha value is -1.88. The van der Waals surface area contributed by atoms with Crippen molar-refractivity contribution in [3.8, 4) is 5.75 Å². The van der Waals surface area contributed by atoms with Crippen molar-refractivity contribution in [1.29, 1.82) is 0 Å². The van der Waals surface area contributed by atoms with Gasteiger partial charge in [0.1, 0.15) is 23.7 Å². The van der Waals surface area contributed by atoms with E-state index in [1.807, 2.05) is 30.3 Å². The summed E-state index contributed by atoms with van der Waals surface area (Å²) < 4.78 is 19.0. The van der Waals surface area contributed by atoms with E-state index in [1.54, 1.807) is 0 Å². The maximum absolute atomic E-state index is 13.4. The molecule has 1 N–H and O–H groups in total. The van der Waals surface area contributed by atoms with Gasteiger partial charge in [0.25, 0.3) is 0 Å². The van der Waals surface area contributed by atoms with Gasteiger partial charge in [-0.1, -0.05) is 30.3 Å². The van der Waals surface area contributed by atoms with Gasteiger partial charge in [-0.15, -0.1) is 0 Å². The van der Waals surface area contributed by atoms with Crippen molar-refractivity contribution < 1.29 is 19.0 Å². The number of carboxylic acid groups (broad SMARTS) is 1. The van der Waals surface area contributed by atoms with Gasteiger partial charge in [-0.2, -0.15) is 0 Å². The minimum atomic E-state index is -1.34. The SMILES string of the molecule is O=C(O)c1c(F)ccc(OCc2ccccc2)c1Br. The third-order valence-corrected chi connectivity index (χ3v) is 3.29. The van der Waals surface area contributed by atoms with Gasteiger partial charge in [0.15, 0.2) is 0 Å². The van der Waals surface area contributed by atoms with Gasteiger partial charge in [0.05, 0.1) is 4.47 Å². The molecule has 0 unspecified atom stereocenters. The van der Waals surface area contributed by atoms with E-state index in [0.717, 1.165) is 11.6 Å². The maximum atomic E-state index is 13.4. The Bertz CT molecular complexity index is 599. The van der Waals surface area contributed by atoms with E-state index >= 15 is 0 Å². The Kier molecular flexibility index (Phi) is 4.16. The molecule has 0 aromatic heterocycles. The first-order valence-electron chi connectivity index (χ1n) is 5.47. The highest BCUT2D eigenvalue weighted by Gasteiger charge is 2.18. The van der Waals surface area contributed by atoms with E-state index in [-0.39, 0.29) is 11.1 Å². The predicted molar refractivity (Wildman–Crippen MR) is 71.8 cm³/mol. The fourth-order valence-electron chi connectivity index (χ4n) is 1.58. The molecule has 0 heterocycles. The molecular formula is C14H10BrFO3. The van der Waals surface area contributed by atoms with Crippen LogP contribution in [0.2, 0.25) is 0 Å². The second-order valence-corrected chi connectivity index (χ2v) is 4.61. The summed E-state index contributed by atoms with van der Waals surface area (Å²) in [5, 5.41) is 8.93. The summed E-state index contributed by atoms with van der Waals surface area (Å²) in [5.41, 5.74) is 0.515. The predicted octanol–water partition coefficient (Wildman–Crippen LogP) is 3.87. The van der Waals surface area contributed by atoms with Crippen LogP contribution >= 0.6 is 15.9 Å². The lowest BCUT2D eigenvalue weighted by Gasteiger charge is -2.10. The highest BCUT2D eigenvalue weighted by atomic mass is 79.9. The first-order chi connectivity index (χ1) is 9.09. The first kappa shape index (κ1) is 13.5. The average molecular weight is 325 g/mol. The van der Waals surface area contributed by atoms with Gasteiger partial charge in [0.2, 0.25) is 0 Å². The monoisotopic (exact) mass is 324 g/mol. The minimum Gasteiger partial charge on any atom is -0.488 e. The molecule has 3 nitrogen and oxygen atoms in total. The normalized spacial score (nSPS) is 10.2. The lowest BCUT2D eigenvalue weighted by Crippen LogP contribution is -2.04. The van der Waals surface area contributed by atoms with Crippen LogP contribution in [0.15, 0.2) is 46.9 Å². The number of halogens is 2. The molecule has 0 saturated carbocycles. The van der Waals surface area contributed by atoms with Crippen molar-refractivity contribution in [3.05, 3.63) is 63.9 Å². The number of rotatable bonds is 4. The van der Waals surface area contributed by atoms with Gasteiger partial charge >= 0.3 is 5.97 Å². The molecule has 0 spiro atoms. The van der Waals surface area contributed by atoms with Crippen molar-refractivity contribution in [1.82, 2.24) is 0 Å². The van der Waals surface area contributed by atoms with Crippen LogP contribution < -0.4 is 4.74 Å². The van der Waals surface area contributed by atoms with Crippen molar-refractivity contribution in [3.63, 3.8) is 0 Å². The summed E-state index contributed by atoms with van der Waals surface area (Å²) in [7, 11) is 0. The molecule has 2 rings (SSSR count). The third kappa shape index (κ3) is 3.12. The molecule has 0 atom stereocenters. The van der Waals surface area contributed by atoms with E-state index in [2.05, 4.69) is 15.9 Å². The molecule has 0 aliphatic carbocycles. The number of ether oxygens (including phenoxy) is 1. The van der Waals surface area contributed by atoms with E-state index in [1.165, 1.54) is 6.07 Å². The molecule has 0 saturated heterocycles. The average Bonchev–Trinajstić information content (AvgIpc) is 2.38. The topological polar surface area (TPSA) is 46.5 Å². The lowest BCUT2D eigenvalue weighted by molar-refractivity contribution is 0.0690. The fraction of sp³-hybridized carbons (Fsp3) is 0.0714. The molecular weight excluding hydrogens is 315 g/mol. The zero-order chi connectivity index (χ0) is 13.8. The fourth-order valence-corrected chi connectivity index (χ4v) is 2.18. The van der Waals surface area contributed by atoms with Crippen molar-refractivity contribution in [2.24, 2.45) is 0 Å². The Morgan fingerprint density at radius 1 is 1.21 bits per heavy atom. The van der Waals surface area contributed by atoms with Crippen LogP contribution in [0.25, 0.3) is 0 Å². The van der Waals surface area contributed by atoms with Gasteiger partial charge in [-0.3, -0.25) is 0 Å². The van der Waals surface area contributed by atoms with Crippen molar-refractivity contribution in [2.45, 2.75) is 6.61 Å². The van der Waals surface area contributed by atoms with Crippen LogP contribution in [0.5, 0.6) is 5.75 Å². The van der Waals surface area contributed by atoms with Crippen LogP contribution in [0.1, 0.15) is 15.9 Å². The second-order valence-electron chi connectivity index (χ2n) is 3.81. The van der Waals surface area contributed by atoms with Crippen LogP contribution in [0, 0.1) is 5.82 Å². The Balaban J connectivity index is 2.22. The van der Waals surface area contributed by atoms with Gasteiger partial charge in [0, 0.05) is 0 Å². The zero-order valence-corrected chi connectivity index (χ0v) is 11.4. The Morgan fingerprint density at radius 3 is 2.53 bits per heavy atom. The summed E-state index contributed by atoms with van der Waals surface area (Å²) in [6.07, 6.45) is 0. The molecule has 98 valence electrons. The van der Waals surface area contributed by atoms with E-state index < -0.39 is 17.3 Å². The molecule has 0 fully saturated rings. The Morgan fingerprint density at radius 2 is 1.89 bits per heavy atom. The molecule has 0 bridgehead atoms. The zero-order valence-electron chi connectivity index (χ0n) is 9.77. The van der Waals surface area contributed by atoms with Gasteiger partial charge in [-0.25, -0.2) is 9.18 Å². The van der Waals surface area contributed by atoms with Gasteiger partial charge < -0.3 is 9.84 Å². The molecule has 0 amide bonds. The lowest BCUT2D eigenvalue weighted by atomic mass is 10.2. The number of carbonyl (C=O) groups is 1. The molecule has 0 aliphatic heterocycles. The first-order valence-corrected chi connectivity index (χ1v) is 6.27. The number of aromatic carboxylic acids is 1. The van der Waals surface area contributed by atoms with Gasteiger partial charge in [-0.05, 0) is 33.6 Å². The summed E-state index contributed by atoms with van der Waals surface area (Å²) in [5.74, 6) is -1.84. The molecule has 19 heavy (non-hydrogen) atoms. The van der Waals surface area contributed by atoms with Crippen LogP contribution in [-0.2, 0) is 6.61 Å². The number of benzene rings is 2. The number of hydrogen-bond donors (Lipinski definition) is 1. The minimum absolute atomic E-state index is 0.107. The van der Waals surface area contributed by atoms with Crippen LogP contribution in [-0.4, -0.2) is 11.1 Å². The summed E-state index contributed by atoms with van der Waals surface area (Å²) in [6.45, 7) is 0.282.